The van der Waals surface area contributed by atoms with Crippen LogP contribution in [-0.2, 0) is 4.74 Å². The molecule has 1 aliphatic heterocycles. The van der Waals surface area contributed by atoms with Crippen LogP contribution in [0.25, 0.3) is 10.9 Å². The Labute approximate surface area is 155 Å². The molecule has 0 radical (unpaired) electrons. The summed E-state index contributed by atoms with van der Waals surface area (Å²) in [4.78, 5) is 31.6. The molecule has 1 aromatic heterocycles. The van der Waals surface area contributed by atoms with Crippen molar-refractivity contribution in [1.82, 2.24) is 14.8 Å². The largest absolute Gasteiger partial charge is 0.444 e. The summed E-state index contributed by atoms with van der Waals surface area (Å²) in [5, 5.41) is 0.984. The van der Waals surface area contributed by atoms with Gasteiger partial charge in [-0.2, -0.15) is 0 Å². The van der Waals surface area contributed by atoms with Crippen LogP contribution < -0.4 is 0 Å². The molecule has 0 aliphatic carbocycles. The van der Waals surface area contributed by atoms with Gasteiger partial charge in [0, 0.05) is 42.2 Å². The van der Waals surface area contributed by atoms with Crippen LogP contribution in [0.2, 0.25) is 0 Å². The van der Waals surface area contributed by atoms with Gasteiger partial charge in [-0.15, -0.1) is 0 Å². The Bertz CT molecular complexity index is 801. The molecule has 2 heterocycles. The van der Waals surface area contributed by atoms with Crippen LogP contribution in [0.15, 0.2) is 28.9 Å². The number of nitrogens with zero attached hydrogens (tertiary/aromatic N) is 2. The van der Waals surface area contributed by atoms with E-state index in [1.807, 2.05) is 45.2 Å². The highest BCUT2D eigenvalue weighted by atomic mass is 79.9. The number of H-pyrrole nitrogens is 1. The summed E-state index contributed by atoms with van der Waals surface area (Å²) in [6.07, 6.45) is 1.50. The van der Waals surface area contributed by atoms with Gasteiger partial charge in [0.25, 0.3) is 5.91 Å². The quantitative estimate of drug-likeness (QED) is 0.784. The molecule has 0 bridgehead atoms. The maximum atomic E-state index is 12.9. The van der Waals surface area contributed by atoms with Crippen LogP contribution in [0, 0.1) is 0 Å². The number of piperazine rings is 1. The van der Waals surface area contributed by atoms with E-state index >= 15 is 0 Å². The molecule has 2 amide bonds. The van der Waals surface area contributed by atoms with Crippen LogP contribution in [0.1, 0.15) is 31.1 Å². The Kier molecular flexibility index (Phi) is 4.77. The Hall–Kier alpha value is -2.02. The Morgan fingerprint density at radius 1 is 1.08 bits per heavy atom. The minimum absolute atomic E-state index is 0.0243. The van der Waals surface area contributed by atoms with Crippen molar-refractivity contribution in [1.29, 1.82) is 0 Å². The lowest BCUT2D eigenvalue weighted by molar-refractivity contribution is 0.0141. The summed E-state index contributed by atoms with van der Waals surface area (Å²) in [6, 6.07) is 5.66. The van der Waals surface area contributed by atoms with E-state index in [1.165, 1.54) is 0 Å². The van der Waals surface area contributed by atoms with Gasteiger partial charge in [0.05, 0.1) is 11.1 Å². The summed E-state index contributed by atoms with van der Waals surface area (Å²) in [5.74, 6) is -0.0243. The van der Waals surface area contributed by atoms with E-state index in [4.69, 9.17) is 4.74 Å². The van der Waals surface area contributed by atoms with E-state index in [9.17, 15) is 9.59 Å². The summed E-state index contributed by atoms with van der Waals surface area (Å²) in [7, 11) is 0. The lowest BCUT2D eigenvalue weighted by Crippen LogP contribution is -2.51. The average molecular weight is 408 g/mol. The predicted octanol–water partition coefficient (Wildman–Crippen LogP) is 3.62. The van der Waals surface area contributed by atoms with Crippen molar-refractivity contribution in [3.8, 4) is 0 Å². The third-order valence-electron chi connectivity index (χ3n) is 4.12. The van der Waals surface area contributed by atoms with Crippen LogP contribution in [0.5, 0.6) is 0 Å². The minimum Gasteiger partial charge on any atom is -0.444 e. The van der Waals surface area contributed by atoms with Crippen molar-refractivity contribution in [2.45, 2.75) is 26.4 Å². The number of rotatable bonds is 1. The number of aromatic nitrogens is 1. The van der Waals surface area contributed by atoms with Gasteiger partial charge < -0.3 is 19.5 Å². The van der Waals surface area contributed by atoms with Crippen LogP contribution in [-0.4, -0.2) is 58.6 Å². The van der Waals surface area contributed by atoms with Crippen LogP contribution >= 0.6 is 15.9 Å². The number of hydrogen-bond acceptors (Lipinski definition) is 3. The zero-order valence-electron chi connectivity index (χ0n) is 14.6. The molecular formula is C18H22BrN3O3. The van der Waals surface area contributed by atoms with Gasteiger partial charge in [0.2, 0.25) is 0 Å². The highest BCUT2D eigenvalue weighted by Gasteiger charge is 2.28. The fourth-order valence-corrected chi connectivity index (χ4v) is 3.35. The maximum Gasteiger partial charge on any atom is 0.410 e. The molecule has 0 saturated carbocycles. The number of ether oxygens (including phenoxy) is 1. The van der Waals surface area contributed by atoms with Gasteiger partial charge in [-0.25, -0.2) is 4.79 Å². The Balaban J connectivity index is 1.68. The summed E-state index contributed by atoms with van der Waals surface area (Å²) in [5.41, 5.74) is 0.962. The molecule has 1 fully saturated rings. The lowest BCUT2D eigenvalue weighted by Gasteiger charge is -2.35. The molecular weight excluding hydrogens is 386 g/mol. The number of aromatic amines is 1. The number of halogens is 1. The Morgan fingerprint density at radius 3 is 2.36 bits per heavy atom. The first kappa shape index (κ1) is 17.8. The zero-order valence-corrected chi connectivity index (χ0v) is 16.2. The third kappa shape index (κ3) is 3.81. The number of fused-ring (bicyclic) bond motifs is 1. The second kappa shape index (κ2) is 6.71. The molecule has 0 unspecified atom stereocenters. The van der Waals surface area contributed by atoms with Gasteiger partial charge in [-0.1, -0.05) is 15.9 Å². The van der Waals surface area contributed by atoms with Crippen LogP contribution in [0.4, 0.5) is 4.79 Å². The first-order valence-corrected chi connectivity index (χ1v) is 9.08. The topological polar surface area (TPSA) is 65.6 Å². The van der Waals surface area contributed by atoms with E-state index in [0.29, 0.717) is 31.7 Å². The molecule has 1 aliphatic rings. The smallest absolute Gasteiger partial charge is 0.410 e. The van der Waals surface area contributed by atoms with Gasteiger partial charge in [-0.05, 0) is 39.0 Å². The molecule has 6 nitrogen and oxygen atoms in total. The molecule has 7 heteroatoms. The lowest BCUT2D eigenvalue weighted by atomic mass is 10.1. The predicted molar refractivity (Wildman–Crippen MR) is 99.7 cm³/mol. The number of carbonyl (C=O) groups excluding carboxylic acids is 2. The van der Waals surface area contributed by atoms with Crippen molar-refractivity contribution in [3.63, 3.8) is 0 Å². The highest BCUT2D eigenvalue weighted by molar-refractivity contribution is 9.10. The van der Waals surface area contributed by atoms with E-state index < -0.39 is 5.60 Å². The van der Waals surface area contributed by atoms with Crippen molar-refractivity contribution in [2.75, 3.05) is 26.2 Å². The Morgan fingerprint density at radius 2 is 1.72 bits per heavy atom. The fourth-order valence-electron chi connectivity index (χ4n) is 2.89. The molecule has 25 heavy (non-hydrogen) atoms. The summed E-state index contributed by atoms with van der Waals surface area (Å²) >= 11 is 3.50. The molecule has 1 N–H and O–H groups in total. The molecule has 3 rings (SSSR count). The summed E-state index contributed by atoms with van der Waals surface area (Å²) < 4.78 is 6.35. The highest BCUT2D eigenvalue weighted by Crippen LogP contribution is 2.27. The van der Waals surface area contributed by atoms with Crippen LogP contribution in [0.3, 0.4) is 0 Å². The van der Waals surface area contributed by atoms with E-state index in [0.717, 1.165) is 15.4 Å². The van der Waals surface area contributed by atoms with Crippen molar-refractivity contribution in [2.24, 2.45) is 0 Å². The van der Waals surface area contributed by atoms with E-state index in [2.05, 4.69) is 20.9 Å². The average Bonchev–Trinajstić information content (AvgIpc) is 3.04. The second-order valence-electron chi connectivity index (χ2n) is 7.12. The number of carbonyl (C=O) groups is 2. The van der Waals surface area contributed by atoms with E-state index in [-0.39, 0.29) is 12.0 Å². The monoisotopic (exact) mass is 407 g/mol. The number of hydrogen-bond donors (Lipinski definition) is 1. The first-order chi connectivity index (χ1) is 11.8. The number of benzene rings is 1. The number of nitrogens with one attached hydrogen (secondary N) is 1. The normalized spacial score (nSPS) is 15.5. The van der Waals surface area contributed by atoms with E-state index in [1.54, 1.807) is 9.80 Å². The fraction of sp³-hybridized carbons (Fsp3) is 0.444. The zero-order chi connectivity index (χ0) is 18.2. The number of amides is 2. The first-order valence-electron chi connectivity index (χ1n) is 8.29. The minimum atomic E-state index is -0.513. The van der Waals surface area contributed by atoms with Gasteiger partial charge >= 0.3 is 6.09 Å². The summed E-state index contributed by atoms with van der Waals surface area (Å²) in [6.45, 7) is 7.49. The molecule has 2 aromatic rings. The molecule has 0 atom stereocenters. The molecule has 134 valence electrons. The SMILES string of the molecule is CC(C)(C)OC(=O)N1CCN(C(=O)c2ccc(Br)c3cc[nH]c23)CC1. The van der Waals surface area contributed by atoms with Crippen molar-refractivity contribution in [3.05, 3.63) is 34.4 Å². The maximum absolute atomic E-state index is 12.9. The van der Waals surface area contributed by atoms with Gasteiger partial charge in [0.15, 0.2) is 0 Å². The van der Waals surface area contributed by atoms with Gasteiger partial charge in [-0.3, -0.25) is 4.79 Å². The second-order valence-corrected chi connectivity index (χ2v) is 7.98. The molecule has 1 aromatic carbocycles. The molecule has 1 saturated heterocycles. The third-order valence-corrected chi connectivity index (χ3v) is 4.81. The van der Waals surface area contributed by atoms with Gasteiger partial charge in [0.1, 0.15) is 5.60 Å². The van der Waals surface area contributed by atoms with Crippen molar-refractivity contribution >= 4 is 38.8 Å². The molecule has 0 spiro atoms. The van der Waals surface area contributed by atoms with Crippen molar-refractivity contribution < 1.29 is 14.3 Å². The standard InChI is InChI=1S/C18H22BrN3O3/c1-18(2,3)25-17(24)22-10-8-21(9-11-22)16(23)13-4-5-14(19)12-6-7-20-15(12)13/h4-7,20H,8-11H2,1-3H3.